The summed E-state index contributed by atoms with van der Waals surface area (Å²) >= 11 is 0. The van der Waals surface area contributed by atoms with Crippen molar-refractivity contribution in [2.45, 2.75) is 65.5 Å². The van der Waals surface area contributed by atoms with Crippen molar-refractivity contribution < 1.29 is 28.2 Å². The molecule has 0 bridgehead atoms. The predicted octanol–water partition coefficient (Wildman–Crippen LogP) is 5.68. The van der Waals surface area contributed by atoms with Crippen LogP contribution in [0, 0.1) is 12.7 Å². The number of halogens is 1. The lowest BCUT2D eigenvalue weighted by atomic mass is 9.91. The standard InChI is InChI=1S/C26H33FN2O5/c1-6-7-15-32-23-19(24(30)33-17-11-9-8-10-12-17)16(2)21(27)20-18(28)13-14-29(22(20)23)25(31)34-26(3,4)5/h8-12,18H,6-7,13-15,28H2,1-5H3. The van der Waals surface area contributed by atoms with E-state index in [0.717, 1.165) is 6.42 Å². The molecule has 0 fully saturated rings. The van der Waals surface area contributed by atoms with Gasteiger partial charge in [-0.05, 0) is 52.7 Å². The number of carbonyl (C=O) groups is 2. The van der Waals surface area contributed by atoms with Gasteiger partial charge in [0.15, 0.2) is 5.75 Å². The van der Waals surface area contributed by atoms with E-state index in [1.165, 1.54) is 11.8 Å². The molecule has 0 spiro atoms. The van der Waals surface area contributed by atoms with E-state index in [0.29, 0.717) is 18.6 Å². The number of fused-ring (bicyclic) bond motifs is 1. The van der Waals surface area contributed by atoms with Crippen molar-refractivity contribution in [2.75, 3.05) is 18.1 Å². The Morgan fingerprint density at radius 1 is 1.21 bits per heavy atom. The molecule has 1 heterocycles. The number of benzene rings is 2. The van der Waals surface area contributed by atoms with E-state index in [1.54, 1.807) is 51.1 Å². The van der Waals surface area contributed by atoms with Gasteiger partial charge in [-0.2, -0.15) is 0 Å². The molecule has 184 valence electrons. The van der Waals surface area contributed by atoms with Gasteiger partial charge in [0.1, 0.15) is 22.7 Å². The first kappa shape index (κ1) is 25.5. The molecule has 0 saturated carbocycles. The first-order valence-corrected chi connectivity index (χ1v) is 11.6. The molecule has 2 aromatic carbocycles. The largest absolute Gasteiger partial charge is 0.490 e. The lowest BCUT2D eigenvalue weighted by Gasteiger charge is -2.36. The molecule has 1 aliphatic heterocycles. The van der Waals surface area contributed by atoms with Gasteiger partial charge in [-0.25, -0.2) is 14.0 Å². The molecule has 1 amide bonds. The van der Waals surface area contributed by atoms with Gasteiger partial charge in [-0.1, -0.05) is 31.5 Å². The molecule has 0 saturated heterocycles. The zero-order chi connectivity index (χ0) is 25.0. The Morgan fingerprint density at radius 2 is 1.88 bits per heavy atom. The SMILES string of the molecule is CCCCOc1c(C(=O)Oc2ccccc2)c(C)c(F)c2c1N(C(=O)OC(C)(C)C)CCC2N. The van der Waals surface area contributed by atoms with Crippen molar-refractivity contribution in [3.8, 4) is 11.5 Å². The van der Waals surface area contributed by atoms with Crippen molar-refractivity contribution in [1.82, 2.24) is 0 Å². The van der Waals surface area contributed by atoms with Gasteiger partial charge in [0.25, 0.3) is 0 Å². The molecule has 34 heavy (non-hydrogen) atoms. The maximum absolute atomic E-state index is 15.7. The highest BCUT2D eigenvalue weighted by molar-refractivity contribution is 6.02. The Labute approximate surface area is 200 Å². The van der Waals surface area contributed by atoms with Gasteiger partial charge in [-0.3, -0.25) is 4.90 Å². The third kappa shape index (κ3) is 5.50. The van der Waals surface area contributed by atoms with Crippen LogP contribution in [-0.2, 0) is 4.74 Å². The number of nitrogens with zero attached hydrogens (tertiary/aromatic N) is 1. The summed E-state index contributed by atoms with van der Waals surface area (Å²) in [6.07, 6.45) is 1.23. The predicted molar refractivity (Wildman–Crippen MR) is 128 cm³/mol. The van der Waals surface area contributed by atoms with Gasteiger partial charge >= 0.3 is 12.1 Å². The van der Waals surface area contributed by atoms with Crippen molar-refractivity contribution in [2.24, 2.45) is 5.73 Å². The minimum absolute atomic E-state index is 0.0627. The van der Waals surface area contributed by atoms with Gasteiger partial charge in [-0.15, -0.1) is 0 Å². The van der Waals surface area contributed by atoms with Gasteiger partial charge in [0, 0.05) is 23.7 Å². The average molecular weight is 473 g/mol. The number of amides is 1. The summed E-state index contributed by atoms with van der Waals surface area (Å²) in [6.45, 7) is 9.21. The smallest absolute Gasteiger partial charge is 0.414 e. The Bertz CT molecular complexity index is 1050. The van der Waals surface area contributed by atoms with Crippen molar-refractivity contribution in [3.05, 3.63) is 52.8 Å². The van der Waals surface area contributed by atoms with Crippen molar-refractivity contribution >= 4 is 17.7 Å². The third-order valence-electron chi connectivity index (χ3n) is 5.46. The van der Waals surface area contributed by atoms with Crippen LogP contribution >= 0.6 is 0 Å². The number of hydrogen-bond donors (Lipinski definition) is 1. The van der Waals surface area contributed by atoms with E-state index in [2.05, 4.69) is 0 Å². The molecule has 8 heteroatoms. The fourth-order valence-electron chi connectivity index (χ4n) is 3.81. The van der Waals surface area contributed by atoms with Gasteiger partial charge < -0.3 is 19.9 Å². The van der Waals surface area contributed by atoms with Crippen molar-refractivity contribution in [3.63, 3.8) is 0 Å². The maximum Gasteiger partial charge on any atom is 0.414 e. The van der Waals surface area contributed by atoms with Crippen LogP contribution < -0.4 is 20.1 Å². The van der Waals surface area contributed by atoms with E-state index in [4.69, 9.17) is 19.9 Å². The van der Waals surface area contributed by atoms with Gasteiger partial charge in [0.2, 0.25) is 0 Å². The summed E-state index contributed by atoms with van der Waals surface area (Å²) in [6, 6.07) is 7.83. The molecule has 1 unspecified atom stereocenters. The van der Waals surface area contributed by atoms with E-state index < -0.39 is 29.5 Å². The highest BCUT2D eigenvalue weighted by Gasteiger charge is 2.39. The highest BCUT2D eigenvalue weighted by atomic mass is 19.1. The molecule has 0 aromatic heterocycles. The topological polar surface area (TPSA) is 91.1 Å². The lowest BCUT2D eigenvalue weighted by molar-refractivity contribution is 0.0573. The number of anilines is 1. The Kier molecular flexibility index (Phi) is 7.82. The summed E-state index contributed by atoms with van der Waals surface area (Å²) in [5.74, 6) is -1.03. The minimum Gasteiger partial charge on any atom is -0.490 e. The van der Waals surface area contributed by atoms with E-state index >= 15 is 4.39 Å². The summed E-state index contributed by atoms with van der Waals surface area (Å²) in [5.41, 5.74) is 5.78. The number of ether oxygens (including phenoxy) is 3. The normalized spacial score (nSPS) is 15.5. The van der Waals surface area contributed by atoms with Crippen LogP contribution in [0.1, 0.15) is 74.5 Å². The molecule has 0 radical (unpaired) electrons. The second-order valence-electron chi connectivity index (χ2n) is 9.34. The van der Waals surface area contributed by atoms with Crippen LogP contribution in [0.3, 0.4) is 0 Å². The molecular weight excluding hydrogens is 439 g/mol. The second-order valence-corrected chi connectivity index (χ2v) is 9.34. The summed E-state index contributed by atoms with van der Waals surface area (Å²) in [5, 5.41) is 0. The maximum atomic E-state index is 15.7. The highest BCUT2D eigenvalue weighted by Crippen LogP contribution is 2.46. The summed E-state index contributed by atoms with van der Waals surface area (Å²) in [4.78, 5) is 27.7. The molecule has 7 nitrogen and oxygen atoms in total. The fourth-order valence-corrected chi connectivity index (χ4v) is 3.81. The zero-order valence-electron chi connectivity index (χ0n) is 20.4. The van der Waals surface area contributed by atoms with E-state index in [1.807, 2.05) is 6.92 Å². The monoisotopic (exact) mass is 472 g/mol. The molecule has 0 aliphatic carbocycles. The number of nitrogens with two attached hydrogens (primary N) is 1. The molecular formula is C26H33FN2O5. The van der Waals surface area contributed by atoms with Gasteiger partial charge in [0.05, 0.1) is 12.3 Å². The number of hydrogen-bond acceptors (Lipinski definition) is 6. The number of esters is 1. The Morgan fingerprint density at radius 3 is 2.50 bits per heavy atom. The first-order valence-electron chi connectivity index (χ1n) is 11.6. The molecule has 1 aliphatic rings. The van der Waals surface area contributed by atoms with Crippen LogP contribution in [0.4, 0.5) is 14.9 Å². The van der Waals surface area contributed by atoms with Crippen LogP contribution in [0.25, 0.3) is 0 Å². The molecule has 2 aromatic rings. The van der Waals surface area contributed by atoms with Crippen molar-refractivity contribution in [1.29, 1.82) is 0 Å². The first-order chi connectivity index (χ1) is 16.0. The second kappa shape index (κ2) is 10.4. The quantitative estimate of drug-likeness (QED) is 0.331. The number of rotatable bonds is 6. The molecule has 2 N–H and O–H groups in total. The summed E-state index contributed by atoms with van der Waals surface area (Å²) in [7, 11) is 0. The van der Waals surface area contributed by atoms with E-state index in [9.17, 15) is 9.59 Å². The Hall–Kier alpha value is -3.13. The van der Waals surface area contributed by atoms with Crippen LogP contribution in [0.2, 0.25) is 0 Å². The zero-order valence-corrected chi connectivity index (χ0v) is 20.4. The number of para-hydroxylation sites is 1. The van der Waals surface area contributed by atoms with Crippen LogP contribution in [0.5, 0.6) is 11.5 Å². The number of unbranched alkanes of at least 4 members (excludes halogenated alkanes) is 1. The summed E-state index contributed by atoms with van der Waals surface area (Å²) < 4.78 is 32.9. The van der Waals surface area contributed by atoms with E-state index in [-0.39, 0.29) is 41.3 Å². The average Bonchev–Trinajstić information content (AvgIpc) is 2.76. The van der Waals surface area contributed by atoms with Crippen LogP contribution in [-0.4, -0.2) is 30.8 Å². The third-order valence-corrected chi connectivity index (χ3v) is 5.46. The minimum atomic E-state index is -0.778. The van der Waals surface area contributed by atoms with Crippen LogP contribution in [0.15, 0.2) is 30.3 Å². The molecule has 3 rings (SSSR count). The lowest BCUT2D eigenvalue weighted by Crippen LogP contribution is -2.42. The number of carbonyl (C=O) groups excluding carboxylic acids is 2. The fraction of sp³-hybridized carbons (Fsp3) is 0.462. The Balaban J connectivity index is 2.19. The molecule has 1 atom stereocenters.